The number of aliphatic hydroxyl groups is 1. The fourth-order valence-corrected chi connectivity index (χ4v) is 2.61. The molecule has 21 heavy (non-hydrogen) atoms. The first kappa shape index (κ1) is 16.0. The lowest BCUT2D eigenvalue weighted by Crippen LogP contribution is -2.32. The fourth-order valence-electron chi connectivity index (χ4n) is 2.41. The minimum atomic E-state index is -0.538. The third kappa shape index (κ3) is 5.16. The van der Waals surface area contributed by atoms with Gasteiger partial charge in [0, 0.05) is 17.6 Å². The largest absolute Gasteiger partial charge is 0.387 e. The second-order valence-electron chi connectivity index (χ2n) is 5.57. The van der Waals surface area contributed by atoms with Crippen molar-refractivity contribution in [1.82, 2.24) is 5.32 Å². The molecule has 0 heterocycles. The Morgan fingerprint density at radius 1 is 1.14 bits per heavy atom. The van der Waals surface area contributed by atoms with Crippen LogP contribution in [0, 0.1) is 6.92 Å². The van der Waals surface area contributed by atoms with Crippen molar-refractivity contribution in [3.63, 3.8) is 0 Å². The third-order valence-corrected chi connectivity index (χ3v) is 3.75. The SMILES string of the molecule is Cc1cccc(C[C@@H](C)NC[C@H](O)c2cccc(Cl)c2)c1. The van der Waals surface area contributed by atoms with Crippen LogP contribution >= 0.6 is 11.6 Å². The number of aliphatic hydroxyl groups excluding tert-OH is 1. The summed E-state index contributed by atoms with van der Waals surface area (Å²) in [5, 5.41) is 14.2. The Balaban J connectivity index is 1.85. The van der Waals surface area contributed by atoms with Crippen molar-refractivity contribution in [1.29, 1.82) is 0 Å². The average Bonchev–Trinajstić information content (AvgIpc) is 2.45. The van der Waals surface area contributed by atoms with E-state index in [2.05, 4.69) is 43.4 Å². The van der Waals surface area contributed by atoms with Gasteiger partial charge in [-0.15, -0.1) is 0 Å². The van der Waals surface area contributed by atoms with E-state index in [1.807, 2.05) is 18.2 Å². The third-order valence-electron chi connectivity index (χ3n) is 3.52. The lowest BCUT2D eigenvalue weighted by Gasteiger charge is -2.18. The van der Waals surface area contributed by atoms with Crippen molar-refractivity contribution in [3.05, 3.63) is 70.2 Å². The Bertz CT molecular complexity index is 585. The monoisotopic (exact) mass is 303 g/mol. The van der Waals surface area contributed by atoms with Crippen molar-refractivity contribution in [2.24, 2.45) is 0 Å². The molecule has 0 aliphatic rings. The van der Waals surface area contributed by atoms with Crippen molar-refractivity contribution in [3.8, 4) is 0 Å². The molecular formula is C18H22ClNO. The van der Waals surface area contributed by atoms with Gasteiger partial charge in [0.1, 0.15) is 0 Å². The second-order valence-corrected chi connectivity index (χ2v) is 6.01. The van der Waals surface area contributed by atoms with E-state index in [4.69, 9.17) is 11.6 Å². The summed E-state index contributed by atoms with van der Waals surface area (Å²) in [6, 6.07) is 16.2. The molecule has 0 unspecified atom stereocenters. The summed E-state index contributed by atoms with van der Waals surface area (Å²) in [5.74, 6) is 0. The van der Waals surface area contributed by atoms with Crippen LogP contribution in [-0.4, -0.2) is 17.7 Å². The summed E-state index contributed by atoms with van der Waals surface area (Å²) in [6.07, 6.45) is 0.410. The molecule has 2 N–H and O–H groups in total. The van der Waals surface area contributed by atoms with Gasteiger partial charge in [0.25, 0.3) is 0 Å². The molecule has 0 aliphatic heterocycles. The number of nitrogens with one attached hydrogen (secondary N) is 1. The Kier molecular flexibility index (Phi) is 5.80. The van der Waals surface area contributed by atoms with Gasteiger partial charge in [0.2, 0.25) is 0 Å². The predicted molar refractivity (Wildman–Crippen MR) is 88.8 cm³/mol. The van der Waals surface area contributed by atoms with Crippen LogP contribution in [0.5, 0.6) is 0 Å². The van der Waals surface area contributed by atoms with Gasteiger partial charge >= 0.3 is 0 Å². The van der Waals surface area contributed by atoms with Gasteiger partial charge in [-0.05, 0) is 43.5 Å². The number of rotatable bonds is 6. The van der Waals surface area contributed by atoms with Crippen LogP contribution in [0.3, 0.4) is 0 Å². The highest BCUT2D eigenvalue weighted by molar-refractivity contribution is 6.30. The number of benzene rings is 2. The maximum Gasteiger partial charge on any atom is 0.0914 e. The molecule has 0 radical (unpaired) electrons. The zero-order chi connectivity index (χ0) is 15.2. The summed E-state index contributed by atoms with van der Waals surface area (Å²) in [5.41, 5.74) is 3.43. The van der Waals surface area contributed by atoms with Gasteiger partial charge in [-0.2, -0.15) is 0 Å². The molecule has 0 spiro atoms. The zero-order valence-corrected chi connectivity index (χ0v) is 13.3. The highest BCUT2D eigenvalue weighted by atomic mass is 35.5. The van der Waals surface area contributed by atoms with Crippen molar-refractivity contribution in [2.75, 3.05) is 6.54 Å². The normalized spacial score (nSPS) is 13.9. The van der Waals surface area contributed by atoms with E-state index in [0.29, 0.717) is 17.6 Å². The molecule has 2 aromatic rings. The van der Waals surface area contributed by atoms with Crippen molar-refractivity contribution in [2.45, 2.75) is 32.4 Å². The molecule has 112 valence electrons. The molecule has 0 aliphatic carbocycles. The van der Waals surface area contributed by atoms with Crippen LogP contribution in [0.25, 0.3) is 0 Å². The minimum Gasteiger partial charge on any atom is -0.387 e. The first-order valence-electron chi connectivity index (χ1n) is 7.27. The molecule has 2 atom stereocenters. The summed E-state index contributed by atoms with van der Waals surface area (Å²) in [4.78, 5) is 0. The summed E-state index contributed by atoms with van der Waals surface area (Å²) in [6.45, 7) is 4.75. The molecule has 2 rings (SSSR count). The molecule has 0 aromatic heterocycles. The lowest BCUT2D eigenvalue weighted by molar-refractivity contribution is 0.170. The van der Waals surface area contributed by atoms with Crippen LogP contribution in [0.4, 0.5) is 0 Å². The van der Waals surface area contributed by atoms with Crippen LogP contribution < -0.4 is 5.32 Å². The highest BCUT2D eigenvalue weighted by Gasteiger charge is 2.10. The Morgan fingerprint density at radius 3 is 2.62 bits per heavy atom. The van der Waals surface area contributed by atoms with Crippen molar-refractivity contribution >= 4 is 11.6 Å². The van der Waals surface area contributed by atoms with E-state index in [0.717, 1.165) is 12.0 Å². The van der Waals surface area contributed by atoms with E-state index in [1.165, 1.54) is 11.1 Å². The smallest absolute Gasteiger partial charge is 0.0914 e. The second kappa shape index (κ2) is 7.60. The molecule has 0 saturated heterocycles. The highest BCUT2D eigenvalue weighted by Crippen LogP contribution is 2.17. The quantitative estimate of drug-likeness (QED) is 0.848. The van der Waals surface area contributed by atoms with Crippen LogP contribution in [0.2, 0.25) is 5.02 Å². The molecule has 3 heteroatoms. The van der Waals surface area contributed by atoms with E-state index < -0.39 is 6.10 Å². The van der Waals surface area contributed by atoms with E-state index in [1.54, 1.807) is 6.07 Å². The molecule has 2 nitrogen and oxygen atoms in total. The minimum absolute atomic E-state index is 0.306. The van der Waals surface area contributed by atoms with Gasteiger partial charge in [-0.1, -0.05) is 53.6 Å². The number of halogens is 1. The number of hydrogen-bond acceptors (Lipinski definition) is 2. The first-order valence-corrected chi connectivity index (χ1v) is 7.65. The van der Waals surface area contributed by atoms with Gasteiger partial charge in [0.05, 0.1) is 6.10 Å². The van der Waals surface area contributed by atoms with Gasteiger partial charge in [-0.25, -0.2) is 0 Å². The topological polar surface area (TPSA) is 32.3 Å². The molecular weight excluding hydrogens is 282 g/mol. The number of hydrogen-bond donors (Lipinski definition) is 2. The Hall–Kier alpha value is -1.35. The lowest BCUT2D eigenvalue weighted by atomic mass is 10.0. The molecule has 0 saturated carbocycles. The maximum atomic E-state index is 10.2. The van der Waals surface area contributed by atoms with E-state index in [9.17, 15) is 5.11 Å². The van der Waals surface area contributed by atoms with Crippen molar-refractivity contribution < 1.29 is 5.11 Å². The predicted octanol–water partition coefficient (Wildman–Crippen LogP) is 3.90. The first-order chi connectivity index (χ1) is 10.0. The van der Waals surface area contributed by atoms with Crippen LogP contribution in [-0.2, 0) is 6.42 Å². The van der Waals surface area contributed by atoms with Gasteiger partial charge < -0.3 is 10.4 Å². The fraction of sp³-hybridized carbons (Fsp3) is 0.333. The molecule has 0 amide bonds. The molecule has 0 fully saturated rings. The van der Waals surface area contributed by atoms with Gasteiger partial charge in [0.15, 0.2) is 0 Å². The maximum absolute atomic E-state index is 10.2. The Morgan fingerprint density at radius 2 is 1.90 bits per heavy atom. The van der Waals surface area contributed by atoms with E-state index in [-0.39, 0.29) is 0 Å². The summed E-state index contributed by atoms with van der Waals surface area (Å²) < 4.78 is 0. The average molecular weight is 304 g/mol. The molecule has 0 bridgehead atoms. The standard InChI is InChI=1S/C18H22ClNO/c1-13-5-3-6-15(9-13)10-14(2)20-12-18(21)16-7-4-8-17(19)11-16/h3-9,11,14,18,20-21H,10,12H2,1-2H3/t14-,18+/m1/s1. The van der Waals surface area contributed by atoms with E-state index >= 15 is 0 Å². The van der Waals surface area contributed by atoms with Crippen LogP contribution in [0.15, 0.2) is 48.5 Å². The summed E-state index contributed by atoms with van der Waals surface area (Å²) in [7, 11) is 0. The zero-order valence-electron chi connectivity index (χ0n) is 12.5. The summed E-state index contributed by atoms with van der Waals surface area (Å²) >= 11 is 5.94. The Labute approximate surface area is 131 Å². The number of aryl methyl sites for hydroxylation is 1. The molecule has 2 aromatic carbocycles. The van der Waals surface area contributed by atoms with Crippen LogP contribution in [0.1, 0.15) is 29.7 Å². The van der Waals surface area contributed by atoms with Gasteiger partial charge in [-0.3, -0.25) is 0 Å².